The summed E-state index contributed by atoms with van der Waals surface area (Å²) in [7, 11) is 0. The van der Waals surface area contributed by atoms with E-state index in [1.54, 1.807) is 11.3 Å². The summed E-state index contributed by atoms with van der Waals surface area (Å²) in [5, 5.41) is 1.20. The number of pyridine rings is 1. The van der Waals surface area contributed by atoms with E-state index in [9.17, 15) is 0 Å². The van der Waals surface area contributed by atoms with Crippen molar-refractivity contribution in [2.75, 3.05) is 6.54 Å². The fraction of sp³-hybridized carbons (Fsp3) is 0.238. The van der Waals surface area contributed by atoms with Crippen molar-refractivity contribution >= 4 is 21.6 Å². The summed E-state index contributed by atoms with van der Waals surface area (Å²) in [6.07, 6.45) is 6.67. The first-order chi connectivity index (χ1) is 13.3. The van der Waals surface area contributed by atoms with Gasteiger partial charge in [0, 0.05) is 50.2 Å². The molecule has 0 atom stereocenters. The van der Waals surface area contributed by atoms with E-state index in [2.05, 4.69) is 44.1 Å². The van der Waals surface area contributed by atoms with Gasteiger partial charge in [-0.05, 0) is 36.2 Å². The summed E-state index contributed by atoms with van der Waals surface area (Å²) < 4.78 is 1.26. The minimum absolute atomic E-state index is 0.793. The molecule has 5 rings (SSSR count). The highest BCUT2D eigenvalue weighted by atomic mass is 32.1. The third-order valence-electron chi connectivity index (χ3n) is 4.97. The monoisotopic (exact) mass is 373 g/mol. The maximum Gasteiger partial charge on any atom is 0.125 e. The van der Waals surface area contributed by atoms with Gasteiger partial charge in [0.25, 0.3) is 0 Å². The fourth-order valence-electron chi connectivity index (χ4n) is 3.58. The van der Waals surface area contributed by atoms with Gasteiger partial charge in [0.1, 0.15) is 5.82 Å². The van der Waals surface area contributed by atoms with Crippen molar-refractivity contribution in [2.24, 2.45) is 0 Å². The molecule has 0 aliphatic carbocycles. The molecule has 0 spiro atoms. The van der Waals surface area contributed by atoms with Crippen molar-refractivity contribution in [2.45, 2.75) is 26.4 Å². The van der Waals surface area contributed by atoms with E-state index < -0.39 is 0 Å². The van der Waals surface area contributed by atoms with E-state index in [0.29, 0.717) is 0 Å². The first-order valence-electron chi connectivity index (χ1n) is 9.09. The normalized spacial score (nSPS) is 14.0. The molecule has 1 aliphatic heterocycles. The van der Waals surface area contributed by atoms with Gasteiger partial charge in [0.15, 0.2) is 0 Å². The molecule has 4 heterocycles. The van der Waals surface area contributed by atoms with Gasteiger partial charge in [-0.3, -0.25) is 9.88 Å². The van der Waals surface area contributed by atoms with Crippen LogP contribution in [0.25, 0.3) is 21.3 Å². The van der Waals surface area contributed by atoms with Gasteiger partial charge >= 0.3 is 0 Å². The average molecular weight is 373 g/mol. The van der Waals surface area contributed by atoms with Gasteiger partial charge < -0.3 is 0 Å². The van der Waals surface area contributed by atoms with Gasteiger partial charge in [-0.25, -0.2) is 15.0 Å². The molecule has 6 heteroatoms. The number of hydrogen-bond donors (Lipinski definition) is 0. The van der Waals surface area contributed by atoms with Crippen molar-refractivity contribution in [1.82, 2.24) is 24.8 Å². The Hall–Kier alpha value is -2.70. The number of hydrogen-bond acceptors (Lipinski definition) is 6. The molecule has 5 nitrogen and oxygen atoms in total. The lowest BCUT2D eigenvalue weighted by atomic mass is 10.0. The molecule has 0 amide bonds. The van der Waals surface area contributed by atoms with Gasteiger partial charge in [-0.15, -0.1) is 11.3 Å². The smallest absolute Gasteiger partial charge is 0.125 e. The largest absolute Gasteiger partial charge is 0.293 e. The second kappa shape index (κ2) is 6.79. The highest BCUT2D eigenvalue weighted by molar-refractivity contribution is 7.18. The zero-order valence-electron chi connectivity index (χ0n) is 15.1. The lowest BCUT2D eigenvalue weighted by molar-refractivity contribution is 0.286. The standard InChI is InChI=1S/C21H19N5S/c1-14-23-10-15(11-24-14)16-6-8-22-19-13-26(12-17(16)19)9-7-21-25-18-4-2-3-5-20(18)27-21/h2-6,8,10-11H,7,9,12-13H2,1H3. The average Bonchev–Trinajstić information content (AvgIpc) is 3.30. The van der Waals surface area contributed by atoms with Crippen LogP contribution in [0.4, 0.5) is 0 Å². The van der Waals surface area contributed by atoms with Crippen molar-refractivity contribution in [1.29, 1.82) is 0 Å². The van der Waals surface area contributed by atoms with E-state index in [4.69, 9.17) is 4.98 Å². The lowest BCUT2D eigenvalue weighted by Gasteiger charge is -2.13. The predicted octanol–water partition coefficient (Wildman–Crippen LogP) is 4.02. The molecular weight excluding hydrogens is 354 g/mol. The van der Waals surface area contributed by atoms with Crippen LogP contribution >= 0.6 is 11.3 Å². The lowest BCUT2D eigenvalue weighted by Crippen LogP contribution is -2.19. The van der Waals surface area contributed by atoms with Crippen LogP contribution in [0.15, 0.2) is 48.9 Å². The Bertz CT molecular complexity index is 1070. The van der Waals surface area contributed by atoms with Crippen LogP contribution in [0.1, 0.15) is 22.1 Å². The second-order valence-electron chi connectivity index (χ2n) is 6.84. The first-order valence-corrected chi connectivity index (χ1v) is 9.90. The summed E-state index contributed by atoms with van der Waals surface area (Å²) in [5.74, 6) is 0.793. The quantitative estimate of drug-likeness (QED) is 0.541. The molecule has 0 fully saturated rings. The van der Waals surface area contributed by atoms with Crippen molar-refractivity contribution in [3.8, 4) is 11.1 Å². The van der Waals surface area contributed by atoms with Gasteiger partial charge in [-0.1, -0.05) is 12.1 Å². The van der Waals surface area contributed by atoms with E-state index in [1.165, 1.54) is 20.8 Å². The molecule has 0 N–H and O–H groups in total. The SMILES string of the molecule is Cc1ncc(-c2ccnc3c2CN(CCc2nc4ccccc4s2)C3)cn1. The number of thiazole rings is 1. The predicted molar refractivity (Wildman–Crippen MR) is 107 cm³/mol. The maximum atomic E-state index is 4.76. The van der Waals surface area contributed by atoms with Gasteiger partial charge in [-0.2, -0.15) is 0 Å². The topological polar surface area (TPSA) is 54.8 Å². The van der Waals surface area contributed by atoms with E-state index in [-0.39, 0.29) is 0 Å². The summed E-state index contributed by atoms with van der Waals surface area (Å²) >= 11 is 1.80. The maximum absolute atomic E-state index is 4.76. The Labute approximate surface area is 161 Å². The minimum atomic E-state index is 0.793. The molecule has 0 saturated carbocycles. The molecular formula is C21H19N5S. The van der Waals surface area contributed by atoms with Crippen molar-refractivity contribution in [3.05, 3.63) is 71.0 Å². The molecule has 1 aliphatic rings. The van der Waals surface area contributed by atoms with Crippen LogP contribution < -0.4 is 0 Å². The third-order valence-corrected chi connectivity index (χ3v) is 6.07. The second-order valence-corrected chi connectivity index (χ2v) is 7.95. The summed E-state index contributed by atoms with van der Waals surface area (Å²) in [5.41, 5.74) is 5.83. The molecule has 134 valence electrons. The number of fused-ring (bicyclic) bond motifs is 2. The van der Waals surface area contributed by atoms with Crippen LogP contribution in [0.3, 0.4) is 0 Å². The van der Waals surface area contributed by atoms with E-state index >= 15 is 0 Å². The molecule has 4 aromatic rings. The number of aryl methyl sites for hydroxylation is 1. The number of nitrogens with zero attached hydrogens (tertiary/aromatic N) is 5. The molecule has 27 heavy (non-hydrogen) atoms. The molecule has 0 bridgehead atoms. The summed E-state index contributed by atoms with van der Waals surface area (Å²) in [6, 6.07) is 10.4. The first kappa shape index (κ1) is 16.5. The number of aromatic nitrogens is 4. The summed E-state index contributed by atoms with van der Waals surface area (Å²) in [4.78, 5) is 20.5. The van der Waals surface area contributed by atoms with E-state index in [0.717, 1.165) is 48.7 Å². The zero-order valence-corrected chi connectivity index (χ0v) is 15.9. The van der Waals surface area contributed by atoms with Crippen LogP contribution in [-0.4, -0.2) is 31.4 Å². The fourth-order valence-corrected chi connectivity index (χ4v) is 4.54. The number of para-hydroxylation sites is 1. The zero-order chi connectivity index (χ0) is 18.2. The summed E-state index contributed by atoms with van der Waals surface area (Å²) in [6.45, 7) is 4.70. The highest BCUT2D eigenvalue weighted by Crippen LogP contribution is 2.31. The molecule has 0 saturated heterocycles. The van der Waals surface area contributed by atoms with Crippen LogP contribution in [-0.2, 0) is 19.5 Å². The Morgan fingerprint density at radius 1 is 1.04 bits per heavy atom. The van der Waals surface area contributed by atoms with Crippen molar-refractivity contribution < 1.29 is 0 Å². The minimum Gasteiger partial charge on any atom is -0.293 e. The third kappa shape index (κ3) is 3.22. The molecule has 0 radical (unpaired) electrons. The Balaban J connectivity index is 1.33. The van der Waals surface area contributed by atoms with Crippen LogP contribution in [0.5, 0.6) is 0 Å². The van der Waals surface area contributed by atoms with Crippen molar-refractivity contribution in [3.63, 3.8) is 0 Å². The Morgan fingerprint density at radius 3 is 2.74 bits per heavy atom. The van der Waals surface area contributed by atoms with Gasteiger partial charge in [0.05, 0.1) is 20.9 Å². The Morgan fingerprint density at radius 2 is 1.89 bits per heavy atom. The molecule has 3 aromatic heterocycles. The van der Waals surface area contributed by atoms with E-state index in [1.807, 2.05) is 31.6 Å². The molecule has 0 unspecified atom stereocenters. The highest BCUT2D eigenvalue weighted by Gasteiger charge is 2.23. The number of rotatable bonds is 4. The number of benzene rings is 1. The van der Waals surface area contributed by atoms with Gasteiger partial charge in [0.2, 0.25) is 0 Å². The van der Waals surface area contributed by atoms with Crippen LogP contribution in [0.2, 0.25) is 0 Å². The van der Waals surface area contributed by atoms with Crippen LogP contribution in [0, 0.1) is 6.92 Å². The Kier molecular flexibility index (Phi) is 4.14. The molecule has 1 aromatic carbocycles.